The van der Waals surface area contributed by atoms with Crippen LogP contribution in [0.3, 0.4) is 0 Å². The van der Waals surface area contributed by atoms with Crippen LogP contribution in [0.2, 0.25) is 0 Å². The minimum Gasteiger partial charge on any atom is -0.164 e. The predicted molar refractivity (Wildman–Crippen MR) is 35.5 cm³/mol. The first kappa shape index (κ1) is 5.48. The largest absolute Gasteiger partial charge is 0.164 e. The molecule has 0 aromatic heterocycles. The van der Waals surface area contributed by atoms with E-state index in [4.69, 9.17) is 0 Å². The van der Waals surface area contributed by atoms with Crippen molar-refractivity contribution in [1.82, 2.24) is 0 Å². The third-order valence-corrected chi connectivity index (χ3v) is 1.15. The fourth-order valence-corrected chi connectivity index (χ4v) is 0.681. The molecule has 44 valence electrons. The SMILES string of the molecule is C1=NN=CCCCC1. The number of rotatable bonds is 0. The average Bonchev–Trinajstić information content (AvgIpc) is 1.62. The molecule has 0 saturated carbocycles. The lowest BCUT2D eigenvalue weighted by Gasteiger charge is -1.92. The summed E-state index contributed by atoms with van der Waals surface area (Å²) in [5, 5.41) is 7.55. The summed E-state index contributed by atoms with van der Waals surface area (Å²) < 4.78 is 0. The van der Waals surface area contributed by atoms with E-state index < -0.39 is 0 Å². The zero-order chi connectivity index (χ0) is 5.66. The van der Waals surface area contributed by atoms with Crippen molar-refractivity contribution in [2.24, 2.45) is 10.2 Å². The van der Waals surface area contributed by atoms with Crippen LogP contribution in [0, 0.1) is 0 Å². The molecule has 8 heavy (non-hydrogen) atoms. The van der Waals surface area contributed by atoms with Gasteiger partial charge >= 0.3 is 0 Å². The summed E-state index contributed by atoms with van der Waals surface area (Å²) in [4.78, 5) is 0. The van der Waals surface area contributed by atoms with Crippen molar-refractivity contribution in [3.05, 3.63) is 0 Å². The Morgan fingerprint density at radius 2 is 1.38 bits per heavy atom. The van der Waals surface area contributed by atoms with Crippen molar-refractivity contribution in [2.45, 2.75) is 25.7 Å². The molecule has 0 bridgehead atoms. The van der Waals surface area contributed by atoms with Gasteiger partial charge in [0.2, 0.25) is 0 Å². The van der Waals surface area contributed by atoms with Crippen LogP contribution in [0.15, 0.2) is 10.2 Å². The van der Waals surface area contributed by atoms with Crippen LogP contribution in [0.4, 0.5) is 0 Å². The van der Waals surface area contributed by atoms with Crippen LogP contribution >= 0.6 is 0 Å². The highest BCUT2D eigenvalue weighted by molar-refractivity contribution is 5.62. The Morgan fingerprint density at radius 1 is 0.875 bits per heavy atom. The van der Waals surface area contributed by atoms with Gasteiger partial charge in [-0.05, 0) is 25.7 Å². The van der Waals surface area contributed by atoms with Crippen LogP contribution in [0.5, 0.6) is 0 Å². The third-order valence-electron chi connectivity index (χ3n) is 1.15. The van der Waals surface area contributed by atoms with E-state index in [2.05, 4.69) is 10.2 Å². The molecule has 0 saturated heterocycles. The molecule has 1 aliphatic heterocycles. The normalized spacial score (nSPS) is 20.0. The van der Waals surface area contributed by atoms with E-state index in [0.29, 0.717) is 0 Å². The Labute approximate surface area is 49.3 Å². The van der Waals surface area contributed by atoms with E-state index in [0.717, 1.165) is 12.8 Å². The van der Waals surface area contributed by atoms with Crippen molar-refractivity contribution in [1.29, 1.82) is 0 Å². The summed E-state index contributed by atoms with van der Waals surface area (Å²) in [6.45, 7) is 0. The van der Waals surface area contributed by atoms with Crippen LogP contribution in [-0.2, 0) is 0 Å². The first-order valence-electron chi connectivity index (χ1n) is 3.03. The quantitative estimate of drug-likeness (QED) is 0.452. The Morgan fingerprint density at radius 3 is 1.88 bits per heavy atom. The van der Waals surface area contributed by atoms with Gasteiger partial charge in [0, 0.05) is 12.4 Å². The summed E-state index contributed by atoms with van der Waals surface area (Å²) in [6.07, 6.45) is 8.45. The van der Waals surface area contributed by atoms with Gasteiger partial charge in [-0.1, -0.05) is 0 Å². The molecule has 0 fully saturated rings. The Kier molecular flexibility index (Phi) is 2.30. The van der Waals surface area contributed by atoms with Crippen molar-refractivity contribution in [3.63, 3.8) is 0 Å². The average molecular weight is 110 g/mol. The topological polar surface area (TPSA) is 24.7 Å². The molecule has 1 heterocycles. The van der Waals surface area contributed by atoms with Gasteiger partial charge in [0.1, 0.15) is 0 Å². The van der Waals surface area contributed by atoms with Gasteiger partial charge in [0.15, 0.2) is 0 Å². The molecule has 0 N–H and O–H groups in total. The fraction of sp³-hybridized carbons (Fsp3) is 0.667. The van der Waals surface area contributed by atoms with Gasteiger partial charge < -0.3 is 0 Å². The highest BCUT2D eigenvalue weighted by Gasteiger charge is 1.85. The van der Waals surface area contributed by atoms with Gasteiger partial charge in [-0.2, -0.15) is 10.2 Å². The molecule has 0 aromatic rings. The second-order valence-corrected chi connectivity index (χ2v) is 1.88. The lowest BCUT2D eigenvalue weighted by atomic mass is 10.2. The highest BCUT2D eigenvalue weighted by Crippen LogP contribution is 1.98. The van der Waals surface area contributed by atoms with Gasteiger partial charge in [0.25, 0.3) is 0 Å². The number of nitrogens with zero attached hydrogens (tertiary/aromatic N) is 2. The minimum absolute atomic E-state index is 1.09. The molecule has 0 unspecified atom stereocenters. The first-order chi connectivity index (χ1) is 4.00. The van der Waals surface area contributed by atoms with Gasteiger partial charge in [0.05, 0.1) is 0 Å². The van der Waals surface area contributed by atoms with Crippen LogP contribution < -0.4 is 0 Å². The molecule has 1 aliphatic rings. The lowest BCUT2D eigenvalue weighted by molar-refractivity contribution is 0.797. The van der Waals surface area contributed by atoms with Crippen LogP contribution in [0.1, 0.15) is 25.7 Å². The smallest absolute Gasteiger partial charge is 0.0270 e. The highest BCUT2D eigenvalue weighted by atomic mass is 15.2. The molecular formula is C6H10N2. The van der Waals surface area contributed by atoms with Crippen LogP contribution in [0.25, 0.3) is 0 Å². The molecule has 1 rings (SSSR count). The Balaban J connectivity index is 2.33. The first-order valence-corrected chi connectivity index (χ1v) is 3.03. The Bertz CT molecular complexity index is 91.1. The van der Waals surface area contributed by atoms with Crippen LogP contribution in [-0.4, -0.2) is 12.4 Å². The van der Waals surface area contributed by atoms with Crippen molar-refractivity contribution >= 4 is 12.4 Å². The van der Waals surface area contributed by atoms with Crippen molar-refractivity contribution in [2.75, 3.05) is 0 Å². The maximum absolute atomic E-state index is 3.78. The lowest BCUT2D eigenvalue weighted by Crippen LogP contribution is -1.83. The summed E-state index contributed by atoms with van der Waals surface area (Å²) in [6, 6.07) is 0. The maximum Gasteiger partial charge on any atom is 0.0270 e. The Hall–Kier alpha value is -0.660. The molecular weight excluding hydrogens is 100 g/mol. The summed E-state index contributed by atoms with van der Waals surface area (Å²) in [7, 11) is 0. The summed E-state index contributed by atoms with van der Waals surface area (Å²) >= 11 is 0. The molecule has 0 aromatic carbocycles. The fourth-order valence-electron chi connectivity index (χ4n) is 0.681. The molecule has 0 radical (unpaired) electrons. The molecule has 0 amide bonds. The monoisotopic (exact) mass is 110 g/mol. The standard InChI is InChI=1S/C6H10N2/c1-2-4-6-8-7-5-3-1/h5-6H,1-4H2. The van der Waals surface area contributed by atoms with Crippen molar-refractivity contribution in [3.8, 4) is 0 Å². The molecule has 0 spiro atoms. The second kappa shape index (κ2) is 3.36. The van der Waals surface area contributed by atoms with E-state index in [1.54, 1.807) is 0 Å². The van der Waals surface area contributed by atoms with Crippen molar-refractivity contribution < 1.29 is 0 Å². The predicted octanol–water partition coefficient (Wildman–Crippen LogP) is 1.62. The number of hydrogen-bond acceptors (Lipinski definition) is 2. The van der Waals surface area contributed by atoms with E-state index in [9.17, 15) is 0 Å². The molecule has 0 atom stereocenters. The van der Waals surface area contributed by atoms with E-state index in [1.807, 2.05) is 12.4 Å². The van der Waals surface area contributed by atoms with Gasteiger partial charge in [-0.15, -0.1) is 0 Å². The number of hydrogen-bond donors (Lipinski definition) is 0. The minimum atomic E-state index is 1.09. The van der Waals surface area contributed by atoms with E-state index in [1.165, 1.54) is 12.8 Å². The van der Waals surface area contributed by atoms with E-state index >= 15 is 0 Å². The molecule has 0 aliphatic carbocycles. The third kappa shape index (κ3) is 1.87. The second-order valence-electron chi connectivity index (χ2n) is 1.88. The zero-order valence-electron chi connectivity index (χ0n) is 4.88. The van der Waals surface area contributed by atoms with Gasteiger partial charge in [-0.25, -0.2) is 0 Å². The summed E-state index contributed by atoms with van der Waals surface area (Å²) in [5.41, 5.74) is 0. The zero-order valence-corrected chi connectivity index (χ0v) is 4.88. The van der Waals surface area contributed by atoms with Gasteiger partial charge in [-0.3, -0.25) is 0 Å². The maximum atomic E-state index is 3.78. The summed E-state index contributed by atoms with van der Waals surface area (Å²) in [5.74, 6) is 0. The molecule has 2 nitrogen and oxygen atoms in total. The molecule has 2 heteroatoms. The van der Waals surface area contributed by atoms with E-state index in [-0.39, 0.29) is 0 Å².